The quantitative estimate of drug-likeness (QED) is 0.478. The molecule has 1 aliphatic heterocycles. The Labute approximate surface area is 206 Å². The normalized spacial score (nSPS) is 14.6. The molecule has 1 aromatic heterocycles. The molecule has 0 saturated heterocycles. The molecule has 0 aliphatic carbocycles. The Morgan fingerprint density at radius 3 is 2.25 bits per heavy atom. The summed E-state index contributed by atoms with van der Waals surface area (Å²) >= 11 is 0. The Hall–Kier alpha value is -3.58. The van der Waals surface area contributed by atoms with Gasteiger partial charge in [0.1, 0.15) is 0 Å². The van der Waals surface area contributed by atoms with Crippen LogP contribution in [0, 0.1) is 0 Å². The molecule has 0 amide bonds. The van der Waals surface area contributed by atoms with E-state index in [9.17, 15) is 30.0 Å². The molecule has 0 unspecified atom stereocenters. The second-order valence-electron chi connectivity index (χ2n) is 7.97. The van der Waals surface area contributed by atoms with Crippen molar-refractivity contribution >= 4 is 31.2 Å². The van der Waals surface area contributed by atoms with Crippen LogP contribution in [0.4, 0.5) is 24.5 Å². The number of sulfonamides is 1. The van der Waals surface area contributed by atoms with Gasteiger partial charge < -0.3 is 9.80 Å². The van der Waals surface area contributed by atoms with Gasteiger partial charge in [0.15, 0.2) is 0 Å². The summed E-state index contributed by atoms with van der Waals surface area (Å²) in [6, 6.07) is 14.1. The molecule has 0 bridgehead atoms. The molecular formula is C23H21F3N4O4S2. The number of hydrogen-bond donors (Lipinski definition) is 1. The van der Waals surface area contributed by atoms with Crippen molar-refractivity contribution in [3.63, 3.8) is 0 Å². The fourth-order valence-corrected chi connectivity index (χ4v) is 5.45. The number of alkyl halides is 3. The maximum absolute atomic E-state index is 12.8. The van der Waals surface area contributed by atoms with Crippen molar-refractivity contribution in [2.75, 3.05) is 16.3 Å². The van der Waals surface area contributed by atoms with E-state index >= 15 is 0 Å². The summed E-state index contributed by atoms with van der Waals surface area (Å²) in [6.07, 6.45) is 4.73. The van der Waals surface area contributed by atoms with Crippen LogP contribution in [0.2, 0.25) is 0 Å². The number of hydrogen-bond acceptors (Lipinski definition) is 7. The van der Waals surface area contributed by atoms with E-state index in [0.29, 0.717) is 30.2 Å². The van der Waals surface area contributed by atoms with Crippen molar-refractivity contribution in [1.82, 2.24) is 9.88 Å². The number of sulfone groups is 1. The molecule has 2 aromatic carbocycles. The van der Waals surface area contributed by atoms with Crippen LogP contribution < -0.4 is 9.62 Å². The molecule has 2 heterocycles. The molecule has 4 rings (SSSR count). The lowest BCUT2D eigenvalue weighted by Gasteiger charge is -2.24. The first-order valence-electron chi connectivity index (χ1n) is 10.5. The number of nitrogens with zero attached hydrogens (tertiary/aromatic N) is 3. The summed E-state index contributed by atoms with van der Waals surface area (Å²) in [5, 5.41) is 0. The van der Waals surface area contributed by atoms with Crippen molar-refractivity contribution in [2.24, 2.45) is 0 Å². The molecule has 3 aromatic rings. The van der Waals surface area contributed by atoms with Crippen molar-refractivity contribution in [3.05, 3.63) is 90.5 Å². The van der Waals surface area contributed by atoms with Gasteiger partial charge in [0, 0.05) is 30.3 Å². The van der Waals surface area contributed by atoms with Gasteiger partial charge in [-0.2, -0.15) is 13.2 Å². The molecule has 0 radical (unpaired) electrons. The standard InChI is InChI=1S/C23H21F3N4O4S2/c1-17-14-30(19-7-9-20(10-8-19)35(31,32)23(24,25)26)16-29(17)15-18-11-12-27-13-22(18)28-36(33,34)21-5-3-2-4-6-21/h2-14,28H,15-16H2,1H3. The third-order valence-corrected chi connectivity index (χ3v) is 8.40. The molecule has 8 nitrogen and oxygen atoms in total. The summed E-state index contributed by atoms with van der Waals surface area (Å²) in [4.78, 5) is 6.98. The average molecular weight is 539 g/mol. The van der Waals surface area contributed by atoms with Crippen molar-refractivity contribution in [3.8, 4) is 0 Å². The Kier molecular flexibility index (Phi) is 6.71. The summed E-state index contributed by atoms with van der Waals surface area (Å²) in [6.45, 7) is 2.45. The number of aromatic nitrogens is 1. The number of rotatable bonds is 7. The highest BCUT2D eigenvalue weighted by Crippen LogP contribution is 2.32. The Balaban J connectivity index is 1.50. The topological polar surface area (TPSA) is 99.7 Å². The highest BCUT2D eigenvalue weighted by Gasteiger charge is 2.46. The van der Waals surface area contributed by atoms with E-state index in [2.05, 4.69) is 9.71 Å². The van der Waals surface area contributed by atoms with Crippen molar-refractivity contribution < 1.29 is 30.0 Å². The van der Waals surface area contributed by atoms with E-state index in [1.54, 1.807) is 41.6 Å². The fraction of sp³-hybridized carbons (Fsp3) is 0.174. The lowest BCUT2D eigenvalue weighted by molar-refractivity contribution is -0.0436. The Bertz CT molecular complexity index is 1490. The number of allylic oxidation sites excluding steroid dienone is 1. The maximum Gasteiger partial charge on any atom is 0.501 e. The number of nitrogens with one attached hydrogen (secondary N) is 1. The second-order valence-corrected chi connectivity index (χ2v) is 11.6. The van der Waals surface area contributed by atoms with E-state index in [1.165, 1.54) is 30.5 Å². The van der Waals surface area contributed by atoms with Crippen molar-refractivity contribution in [1.29, 1.82) is 0 Å². The van der Waals surface area contributed by atoms with E-state index in [1.807, 2.05) is 11.8 Å². The van der Waals surface area contributed by atoms with Crippen LogP contribution >= 0.6 is 0 Å². The molecule has 1 aliphatic rings. The van der Waals surface area contributed by atoms with Gasteiger partial charge >= 0.3 is 5.51 Å². The first-order valence-corrected chi connectivity index (χ1v) is 13.5. The van der Waals surface area contributed by atoms with E-state index in [0.717, 1.165) is 17.8 Å². The van der Waals surface area contributed by atoms with Crippen LogP contribution in [0.15, 0.2) is 94.7 Å². The molecular weight excluding hydrogens is 517 g/mol. The van der Waals surface area contributed by atoms with E-state index in [-0.39, 0.29) is 4.90 Å². The van der Waals surface area contributed by atoms with E-state index in [4.69, 9.17) is 0 Å². The lowest BCUT2D eigenvalue weighted by Crippen LogP contribution is -2.27. The Morgan fingerprint density at radius 1 is 0.944 bits per heavy atom. The third kappa shape index (κ3) is 5.16. The number of pyridine rings is 1. The minimum atomic E-state index is -5.43. The zero-order chi connectivity index (χ0) is 26.1. The van der Waals surface area contributed by atoms with Gasteiger partial charge in [-0.25, -0.2) is 16.8 Å². The second kappa shape index (κ2) is 9.47. The fourth-order valence-electron chi connectivity index (χ4n) is 3.59. The zero-order valence-electron chi connectivity index (χ0n) is 18.8. The van der Waals surface area contributed by atoms with Gasteiger partial charge in [-0.3, -0.25) is 9.71 Å². The molecule has 13 heteroatoms. The number of benzene rings is 2. The number of halogens is 3. The van der Waals surface area contributed by atoms with Crippen LogP contribution in [0.5, 0.6) is 0 Å². The molecule has 36 heavy (non-hydrogen) atoms. The molecule has 0 spiro atoms. The predicted molar refractivity (Wildman–Crippen MR) is 128 cm³/mol. The SMILES string of the molecule is CC1=CN(c2ccc(S(=O)(=O)C(F)(F)F)cc2)CN1Cc1ccncc1NS(=O)(=O)c1ccccc1. The summed E-state index contributed by atoms with van der Waals surface area (Å²) < 4.78 is 89.7. The predicted octanol–water partition coefficient (Wildman–Crippen LogP) is 4.32. The minimum absolute atomic E-state index is 0.110. The van der Waals surface area contributed by atoms with E-state index < -0.39 is 30.3 Å². The number of anilines is 2. The van der Waals surface area contributed by atoms with Crippen molar-refractivity contribution in [2.45, 2.75) is 28.8 Å². The van der Waals surface area contributed by atoms with Crippen LogP contribution in [0.1, 0.15) is 12.5 Å². The lowest BCUT2D eigenvalue weighted by atomic mass is 10.2. The molecule has 1 N–H and O–H groups in total. The highest BCUT2D eigenvalue weighted by atomic mass is 32.2. The molecule has 0 atom stereocenters. The first-order chi connectivity index (χ1) is 16.9. The van der Waals surface area contributed by atoms with Crippen LogP contribution in [-0.4, -0.2) is 38.9 Å². The van der Waals surface area contributed by atoms with Gasteiger partial charge in [0.2, 0.25) is 0 Å². The molecule has 0 fully saturated rings. The largest absolute Gasteiger partial charge is 0.501 e. The summed E-state index contributed by atoms with van der Waals surface area (Å²) in [5.41, 5.74) is -3.09. The maximum atomic E-state index is 12.8. The molecule has 0 saturated carbocycles. The van der Waals surface area contributed by atoms with Gasteiger partial charge in [0.05, 0.1) is 28.3 Å². The monoisotopic (exact) mass is 538 g/mol. The minimum Gasteiger partial charge on any atom is -0.351 e. The summed E-state index contributed by atoms with van der Waals surface area (Å²) in [7, 11) is -9.25. The van der Waals surface area contributed by atoms with Gasteiger partial charge in [-0.1, -0.05) is 18.2 Å². The average Bonchev–Trinajstić information content (AvgIpc) is 3.20. The third-order valence-electron chi connectivity index (χ3n) is 5.52. The smallest absolute Gasteiger partial charge is 0.351 e. The van der Waals surface area contributed by atoms with Crippen LogP contribution in [-0.2, 0) is 26.4 Å². The zero-order valence-corrected chi connectivity index (χ0v) is 20.5. The van der Waals surface area contributed by atoms with Gasteiger partial charge in [0.25, 0.3) is 19.9 Å². The highest BCUT2D eigenvalue weighted by molar-refractivity contribution is 7.92. The first kappa shape index (κ1) is 25.5. The Morgan fingerprint density at radius 2 is 1.61 bits per heavy atom. The summed E-state index contributed by atoms with van der Waals surface area (Å²) in [5.74, 6) is 0. The molecule has 190 valence electrons. The van der Waals surface area contributed by atoms with Crippen LogP contribution in [0.25, 0.3) is 0 Å². The van der Waals surface area contributed by atoms with Crippen LogP contribution in [0.3, 0.4) is 0 Å². The van der Waals surface area contributed by atoms with Gasteiger partial charge in [-0.15, -0.1) is 0 Å². The van der Waals surface area contributed by atoms with Gasteiger partial charge in [-0.05, 0) is 55.0 Å².